The topological polar surface area (TPSA) is 81.7 Å². The van der Waals surface area contributed by atoms with Gasteiger partial charge in [-0.05, 0) is 18.1 Å². The van der Waals surface area contributed by atoms with Crippen molar-refractivity contribution in [3.8, 4) is 0 Å². The van der Waals surface area contributed by atoms with Crippen molar-refractivity contribution in [2.45, 2.75) is 25.8 Å². The lowest BCUT2D eigenvalue weighted by atomic mass is 10.0. The van der Waals surface area contributed by atoms with Crippen molar-refractivity contribution in [3.63, 3.8) is 0 Å². The molecule has 0 amide bonds. The fraction of sp³-hybridized carbons (Fsp3) is 0.417. The molecule has 0 aliphatic heterocycles. The summed E-state index contributed by atoms with van der Waals surface area (Å²) in [5, 5.41) is 4.06. The molecule has 0 spiro atoms. The lowest BCUT2D eigenvalue weighted by molar-refractivity contribution is 0.508. The molecule has 2 rings (SSSR count). The van der Waals surface area contributed by atoms with Crippen LogP contribution in [0.3, 0.4) is 0 Å². The van der Waals surface area contributed by atoms with Crippen LogP contribution in [-0.2, 0) is 19.9 Å². The molecule has 18 heavy (non-hydrogen) atoms. The van der Waals surface area contributed by atoms with Crippen LogP contribution in [0.15, 0.2) is 24.7 Å². The van der Waals surface area contributed by atoms with Gasteiger partial charge in [0, 0.05) is 19.7 Å². The molecule has 96 valence electrons. The zero-order valence-electron chi connectivity index (χ0n) is 10.7. The van der Waals surface area contributed by atoms with E-state index in [0.29, 0.717) is 6.42 Å². The van der Waals surface area contributed by atoms with Crippen LogP contribution in [-0.4, -0.2) is 19.7 Å². The van der Waals surface area contributed by atoms with Gasteiger partial charge < -0.3 is 0 Å². The predicted octanol–water partition coefficient (Wildman–Crippen LogP) is 0.520. The Labute approximate surface area is 106 Å². The van der Waals surface area contributed by atoms with Gasteiger partial charge in [0.15, 0.2) is 0 Å². The molecule has 3 N–H and O–H groups in total. The van der Waals surface area contributed by atoms with Gasteiger partial charge in [-0.25, -0.2) is 4.98 Å². The number of nitrogens with one attached hydrogen (secondary N) is 1. The minimum Gasteiger partial charge on any atom is -0.271 e. The molecule has 2 aromatic heterocycles. The molecule has 0 saturated heterocycles. The van der Waals surface area contributed by atoms with Gasteiger partial charge in [0.25, 0.3) is 0 Å². The molecule has 1 unspecified atom stereocenters. The van der Waals surface area contributed by atoms with Crippen molar-refractivity contribution in [1.29, 1.82) is 0 Å². The fourth-order valence-corrected chi connectivity index (χ4v) is 1.99. The summed E-state index contributed by atoms with van der Waals surface area (Å²) in [7, 11) is 1.87. The number of rotatable bonds is 5. The van der Waals surface area contributed by atoms with Crippen molar-refractivity contribution >= 4 is 0 Å². The molecule has 6 nitrogen and oxygen atoms in total. The quantitative estimate of drug-likeness (QED) is 0.593. The third kappa shape index (κ3) is 2.55. The highest BCUT2D eigenvalue weighted by molar-refractivity contribution is 5.23. The van der Waals surface area contributed by atoms with Gasteiger partial charge in [-0.15, -0.1) is 0 Å². The van der Waals surface area contributed by atoms with E-state index in [1.54, 1.807) is 17.2 Å². The second kappa shape index (κ2) is 5.70. The first-order valence-electron chi connectivity index (χ1n) is 5.99. The second-order valence-electron chi connectivity index (χ2n) is 4.12. The number of nitrogens with two attached hydrogens (primary N) is 1. The highest BCUT2D eigenvalue weighted by Crippen LogP contribution is 2.18. The van der Waals surface area contributed by atoms with Gasteiger partial charge in [0.2, 0.25) is 0 Å². The van der Waals surface area contributed by atoms with Crippen LogP contribution in [0.25, 0.3) is 0 Å². The Morgan fingerprint density at radius 3 is 2.89 bits per heavy atom. The Morgan fingerprint density at radius 1 is 1.44 bits per heavy atom. The van der Waals surface area contributed by atoms with Crippen molar-refractivity contribution in [3.05, 3.63) is 41.7 Å². The van der Waals surface area contributed by atoms with Gasteiger partial charge in [-0.1, -0.05) is 13.0 Å². The summed E-state index contributed by atoms with van der Waals surface area (Å²) in [6, 6.07) is 3.96. The fourth-order valence-electron chi connectivity index (χ4n) is 1.99. The van der Waals surface area contributed by atoms with Crippen LogP contribution in [0, 0.1) is 0 Å². The average molecular weight is 246 g/mol. The molecular formula is C12H18N6. The number of hydrogen-bond donors (Lipinski definition) is 2. The van der Waals surface area contributed by atoms with Crippen LogP contribution in [0.1, 0.15) is 30.0 Å². The highest BCUT2D eigenvalue weighted by Gasteiger charge is 2.17. The van der Waals surface area contributed by atoms with Crippen LogP contribution in [0.5, 0.6) is 0 Å². The Balaban J connectivity index is 2.25. The Kier molecular flexibility index (Phi) is 4.01. The summed E-state index contributed by atoms with van der Waals surface area (Å²) in [5.41, 5.74) is 4.99. The summed E-state index contributed by atoms with van der Waals surface area (Å²) in [4.78, 5) is 8.64. The molecule has 2 aromatic rings. The van der Waals surface area contributed by atoms with E-state index in [1.807, 2.05) is 13.1 Å². The third-order valence-electron chi connectivity index (χ3n) is 3.03. The van der Waals surface area contributed by atoms with Crippen molar-refractivity contribution in [2.75, 3.05) is 0 Å². The van der Waals surface area contributed by atoms with E-state index in [1.165, 1.54) is 5.56 Å². The first-order chi connectivity index (χ1) is 8.76. The summed E-state index contributed by atoms with van der Waals surface area (Å²) in [6.07, 6.45) is 4.93. The first-order valence-corrected chi connectivity index (χ1v) is 5.99. The van der Waals surface area contributed by atoms with Crippen LogP contribution < -0.4 is 11.3 Å². The molecule has 1 atom stereocenters. The van der Waals surface area contributed by atoms with E-state index in [-0.39, 0.29) is 6.04 Å². The van der Waals surface area contributed by atoms with E-state index in [4.69, 9.17) is 5.84 Å². The Bertz CT molecular complexity index is 507. The zero-order chi connectivity index (χ0) is 13.0. The van der Waals surface area contributed by atoms with Crippen molar-refractivity contribution in [2.24, 2.45) is 12.9 Å². The summed E-state index contributed by atoms with van der Waals surface area (Å²) >= 11 is 0. The monoisotopic (exact) mass is 246 g/mol. The van der Waals surface area contributed by atoms with Crippen molar-refractivity contribution < 1.29 is 0 Å². The van der Waals surface area contributed by atoms with Crippen LogP contribution in [0.2, 0.25) is 0 Å². The number of aryl methyl sites for hydroxylation is 2. The van der Waals surface area contributed by atoms with Gasteiger partial charge >= 0.3 is 0 Å². The van der Waals surface area contributed by atoms with E-state index < -0.39 is 0 Å². The summed E-state index contributed by atoms with van der Waals surface area (Å²) in [5.74, 6) is 6.53. The maximum absolute atomic E-state index is 5.65. The number of hydrazine groups is 1. The maximum Gasteiger partial charge on any atom is 0.138 e. The molecular weight excluding hydrogens is 228 g/mol. The first kappa shape index (κ1) is 12.7. The molecule has 0 aliphatic rings. The van der Waals surface area contributed by atoms with E-state index in [2.05, 4.69) is 33.5 Å². The molecule has 6 heteroatoms. The van der Waals surface area contributed by atoms with Gasteiger partial charge in [0.05, 0.1) is 11.7 Å². The Hall–Kier alpha value is -1.79. The molecule has 0 aliphatic carbocycles. The van der Waals surface area contributed by atoms with Crippen LogP contribution in [0.4, 0.5) is 0 Å². The number of nitrogens with zero attached hydrogens (tertiary/aromatic N) is 4. The smallest absolute Gasteiger partial charge is 0.138 e. The van der Waals surface area contributed by atoms with E-state index in [9.17, 15) is 0 Å². The minimum atomic E-state index is -0.0518. The summed E-state index contributed by atoms with van der Waals surface area (Å²) in [6.45, 7) is 2.11. The molecule has 0 aromatic carbocycles. The molecule has 2 heterocycles. The normalized spacial score (nSPS) is 12.6. The minimum absolute atomic E-state index is 0.0518. The molecule has 0 radical (unpaired) electrons. The number of aromatic nitrogens is 4. The van der Waals surface area contributed by atoms with E-state index >= 15 is 0 Å². The largest absolute Gasteiger partial charge is 0.271 e. The molecule has 0 fully saturated rings. The Morgan fingerprint density at radius 2 is 2.28 bits per heavy atom. The molecule has 0 bridgehead atoms. The standard InChI is InChI=1S/C12H18N6/c1-3-9-5-4-6-14-12(9)10(17-13)7-11-15-8-16-18(11)2/h4-6,8,10,17H,3,7,13H2,1-2H3. The number of pyridine rings is 1. The SMILES string of the molecule is CCc1cccnc1C(Cc1ncnn1C)NN. The van der Waals surface area contributed by atoms with Gasteiger partial charge in [-0.3, -0.25) is 20.9 Å². The lowest BCUT2D eigenvalue weighted by Gasteiger charge is -2.17. The maximum atomic E-state index is 5.65. The van der Waals surface area contributed by atoms with Crippen molar-refractivity contribution in [1.82, 2.24) is 25.2 Å². The second-order valence-corrected chi connectivity index (χ2v) is 4.12. The zero-order valence-corrected chi connectivity index (χ0v) is 10.7. The molecule has 0 saturated carbocycles. The number of hydrogen-bond acceptors (Lipinski definition) is 5. The van der Waals surface area contributed by atoms with Crippen LogP contribution >= 0.6 is 0 Å². The average Bonchev–Trinajstić information content (AvgIpc) is 2.81. The third-order valence-corrected chi connectivity index (χ3v) is 3.03. The highest BCUT2D eigenvalue weighted by atomic mass is 15.3. The predicted molar refractivity (Wildman–Crippen MR) is 68.4 cm³/mol. The summed E-state index contributed by atoms with van der Waals surface area (Å²) < 4.78 is 1.75. The van der Waals surface area contributed by atoms with Gasteiger partial charge in [0.1, 0.15) is 12.2 Å². The lowest BCUT2D eigenvalue weighted by Crippen LogP contribution is -2.31. The van der Waals surface area contributed by atoms with E-state index in [0.717, 1.165) is 17.9 Å². The van der Waals surface area contributed by atoms with Gasteiger partial charge in [-0.2, -0.15) is 5.10 Å².